The summed E-state index contributed by atoms with van der Waals surface area (Å²) < 4.78 is 104. The third kappa shape index (κ3) is 3.20. The fourth-order valence-electron chi connectivity index (χ4n) is 3.59. The minimum absolute atomic E-state index is 0.0185. The van der Waals surface area contributed by atoms with Crippen molar-refractivity contribution in [2.45, 2.75) is 45.1 Å². The Labute approximate surface area is 156 Å². The van der Waals surface area contributed by atoms with Crippen molar-refractivity contribution in [1.29, 1.82) is 0 Å². The van der Waals surface area contributed by atoms with E-state index in [2.05, 4.69) is 0 Å². The summed E-state index contributed by atoms with van der Waals surface area (Å²) >= 11 is 0. The molecule has 1 N–H and O–H groups in total. The lowest BCUT2D eigenvalue weighted by Crippen LogP contribution is -2.48. The van der Waals surface area contributed by atoms with Crippen LogP contribution in [-0.4, -0.2) is 43.3 Å². The van der Waals surface area contributed by atoms with Crippen molar-refractivity contribution < 1.29 is 31.0 Å². The topological polar surface area (TPSA) is 41.9 Å². The first kappa shape index (κ1) is 7.32. The van der Waals surface area contributed by atoms with Crippen LogP contribution in [0, 0.1) is 11.8 Å². The van der Waals surface area contributed by atoms with Crippen LogP contribution >= 0.6 is 0 Å². The quantitative estimate of drug-likeness (QED) is 0.921. The molecule has 1 saturated heterocycles. The van der Waals surface area contributed by atoms with Gasteiger partial charge in [-0.2, -0.15) is 0 Å². The van der Waals surface area contributed by atoms with Gasteiger partial charge in [-0.15, -0.1) is 0 Å². The first-order valence-corrected chi connectivity index (χ1v) is 7.56. The van der Waals surface area contributed by atoms with E-state index in [1.54, 1.807) is 11.0 Å². The Balaban J connectivity index is 1.99. The lowest BCUT2D eigenvalue weighted by atomic mass is 9.79. The molecule has 0 aliphatic carbocycles. The zero-order valence-corrected chi connectivity index (χ0v) is 12.9. The SMILES string of the molecule is [2H]C([2H])([2H])Oc1cc2c(cc1OC)CCN1CC(C([2H])([2H])C([2H])(C([2H])([2H])[2H])C([2H])([2H])[2H])C(O)CC21. The van der Waals surface area contributed by atoms with E-state index in [1.807, 2.05) is 0 Å². The number of rotatable bonds is 4. The van der Waals surface area contributed by atoms with Crippen molar-refractivity contribution >= 4 is 0 Å². The molecule has 3 rings (SSSR count). The van der Waals surface area contributed by atoms with Crippen molar-refractivity contribution in [2.24, 2.45) is 11.8 Å². The van der Waals surface area contributed by atoms with Gasteiger partial charge in [0, 0.05) is 31.5 Å². The maximum Gasteiger partial charge on any atom is 0.161 e. The predicted molar refractivity (Wildman–Crippen MR) is 91.1 cm³/mol. The highest BCUT2D eigenvalue weighted by Gasteiger charge is 2.38. The number of ether oxygens (including phenoxy) is 2. The van der Waals surface area contributed by atoms with E-state index in [0.717, 1.165) is 5.56 Å². The number of nitrogens with zero attached hydrogens (tertiary/aromatic N) is 1. The maximum absolute atomic E-state index is 11.0. The fourth-order valence-corrected chi connectivity index (χ4v) is 3.59. The van der Waals surface area contributed by atoms with Crippen molar-refractivity contribution in [3.05, 3.63) is 23.3 Å². The Morgan fingerprint density at radius 1 is 1.43 bits per heavy atom. The van der Waals surface area contributed by atoms with Crippen molar-refractivity contribution in [3.63, 3.8) is 0 Å². The average molecular weight is 332 g/mol. The lowest BCUT2D eigenvalue weighted by Gasteiger charge is -2.46. The molecule has 4 heteroatoms. The summed E-state index contributed by atoms with van der Waals surface area (Å²) in [5.41, 5.74) is 1.48. The highest BCUT2D eigenvalue weighted by molar-refractivity contribution is 5.49. The number of piperidine rings is 1. The van der Waals surface area contributed by atoms with Gasteiger partial charge in [0.05, 0.1) is 24.4 Å². The molecule has 0 aromatic heterocycles. The highest BCUT2D eigenvalue weighted by Crippen LogP contribution is 2.43. The molecule has 2 heterocycles. The summed E-state index contributed by atoms with van der Waals surface area (Å²) in [6, 6.07) is 2.69. The van der Waals surface area contributed by atoms with E-state index in [0.29, 0.717) is 18.5 Å². The van der Waals surface area contributed by atoms with Crippen LogP contribution < -0.4 is 9.47 Å². The zero-order chi connectivity index (χ0) is 26.8. The van der Waals surface area contributed by atoms with E-state index in [1.165, 1.54) is 13.2 Å². The number of aliphatic hydroxyl groups is 1. The van der Waals surface area contributed by atoms with Gasteiger partial charge in [-0.1, -0.05) is 13.7 Å². The molecular weight excluding hydrogens is 290 g/mol. The number of fused-ring (bicyclic) bond motifs is 3. The molecule has 2 aliphatic rings. The van der Waals surface area contributed by atoms with E-state index >= 15 is 0 Å². The third-order valence-electron chi connectivity index (χ3n) is 4.69. The van der Waals surface area contributed by atoms with Crippen LogP contribution in [0.2, 0.25) is 0 Å². The molecule has 23 heavy (non-hydrogen) atoms. The Bertz CT molecular complexity index is 929. The molecule has 0 radical (unpaired) electrons. The van der Waals surface area contributed by atoms with Gasteiger partial charge in [-0.05, 0) is 54.3 Å². The van der Waals surface area contributed by atoms with Crippen LogP contribution in [0.5, 0.6) is 11.5 Å². The van der Waals surface area contributed by atoms with Gasteiger partial charge in [-0.25, -0.2) is 0 Å². The molecule has 4 nitrogen and oxygen atoms in total. The number of methoxy groups -OCH3 is 2. The van der Waals surface area contributed by atoms with Crippen LogP contribution in [0.25, 0.3) is 0 Å². The second-order valence-electron chi connectivity index (χ2n) is 5.99. The Kier molecular flexibility index (Phi) is 2.13. The minimum Gasteiger partial charge on any atom is -0.493 e. The van der Waals surface area contributed by atoms with Gasteiger partial charge >= 0.3 is 0 Å². The number of aliphatic hydroxyl groups excluding tert-OH is 1. The van der Waals surface area contributed by atoms with Gasteiger partial charge < -0.3 is 14.6 Å². The number of benzene rings is 1. The van der Waals surface area contributed by atoms with Crippen molar-refractivity contribution in [3.8, 4) is 11.5 Å². The lowest BCUT2D eigenvalue weighted by molar-refractivity contribution is -0.0191. The van der Waals surface area contributed by atoms with Gasteiger partial charge in [0.2, 0.25) is 0 Å². The average Bonchev–Trinajstić information content (AvgIpc) is 2.69. The second kappa shape index (κ2) is 6.70. The molecule has 0 saturated carbocycles. The van der Waals surface area contributed by atoms with Crippen molar-refractivity contribution in [2.75, 3.05) is 27.2 Å². The molecule has 0 bridgehead atoms. The maximum atomic E-state index is 11.0. The summed E-state index contributed by atoms with van der Waals surface area (Å²) in [4.78, 5) is 1.79. The van der Waals surface area contributed by atoms with Crippen LogP contribution in [-0.2, 0) is 6.42 Å². The molecule has 1 aromatic rings. The zero-order valence-electron chi connectivity index (χ0n) is 24.9. The Morgan fingerprint density at radius 3 is 3.00 bits per heavy atom. The molecule has 2 aliphatic heterocycles. The van der Waals surface area contributed by atoms with Gasteiger partial charge in [0.1, 0.15) is 0 Å². The summed E-state index contributed by atoms with van der Waals surface area (Å²) in [5.74, 6) is -4.72. The molecule has 1 fully saturated rings. The predicted octanol–water partition coefficient (Wildman–Crippen LogP) is 3.03. The third-order valence-corrected chi connectivity index (χ3v) is 4.69. The summed E-state index contributed by atoms with van der Waals surface area (Å²) in [7, 11) is -1.35. The van der Waals surface area contributed by atoms with E-state index in [9.17, 15) is 5.11 Å². The highest BCUT2D eigenvalue weighted by atomic mass is 16.5. The molecule has 3 unspecified atom stereocenters. The number of hydrogen-bond acceptors (Lipinski definition) is 4. The second-order valence-corrected chi connectivity index (χ2v) is 5.99. The Morgan fingerprint density at radius 2 is 2.26 bits per heavy atom. The van der Waals surface area contributed by atoms with Gasteiger partial charge in [0.25, 0.3) is 0 Å². The Hall–Kier alpha value is -1.26. The van der Waals surface area contributed by atoms with E-state index in [4.69, 9.17) is 25.9 Å². The molecule has 128 valence electrons. The first-order valence-electron chi connectivity index (χ1n) is 13.6. The standard InChI is InChI=1S/C19H29NO3/c1-12(2)7-14-11-20-6-5-13-8-18(22-3)19(23-4)9-15(13)16(20)10-17(14)21/h8-9,12,14,16-17,21H,5-7,10-11H2,1-4H3/i1D3,2D3,4D3,7D2,12D. The van der Waals surface area contributed by atoms with Crippen molar-refractivity contribution in [1.82, 2.24) is 4.90 Å². The van der Waals surface area contributed by atoms with Crippen LogP contribution in [0.1, 0.15) is 60.1 Å². The summed E-state index contributed by atoms with van der Waals surface area (Å²) in [6.45, 7) is -6.76. The molecule has 0 amide bonds. The molecule has 3 atom stereocenters. The van der Waals surface area contributed by atoms with Crippen LogP contribution in [0.4, 0.5) is 0 Å². The largest absolute Gasteiger partial charge is 0.493 e. The normalized spacial score (nSPS) is 37.9. The van der Waals surface area contributed by atoms with Gasteiger partial charge in [-0.3, -0.25) is 4.90 Å². The monoisotopic (exact) mass is 331 g/mol. The first-order chi connectivity index (χ1) is 15.7. The smallest absolute Gasteiger partial charge is 0.161 e. The van der Waals surface area contributed by atoms with Crippen LogP contribution in [0.3, 0.4) is 0 Å². The van der Waals surface area contributed by atoms with Gasteiger partial charge in [0.15, 0.2) is 11.5 Å². The fraction of sp³-hybridized carbons (Fsp3) is 0.684. The molecule has 1 aromatic carbocycles. The number of hydrogen-bond donors (Lipinski definition) is 1. The van der Waals surface area contributed by atoms with Crippen LogP contribution in [0.15, 0.2) is 12.1 Å². The molecule has 0 spiro atoms. The summed E-state index contributed by atoms with van der Waals surface area (Å²) in [6.07, 6.45) is -4.16. The molecular formula is C19H29NO3. The summed E-state index contributed by atoms with van der Waals surface area (Å²) in [5, 5.41) is 11.0. The van der Waals surface area contributed by atoms with E-state index in [-0.39, 0.29) is 24.5 Å². The van der Waals surface area contributed by atoms with E-state index < -0.39 is 51.1 Å². The minimum atomic E-state index is -3.48.